The third-order valence-electron chi connectivity index (χ3n) is 6.54. The van der Waals surface area contributed by atoms with Gasteiger partial charge in [-0.05, 0) is 52.8 Å². The van der Waals surface area contributed by atoms with Gasteiger partial charge in [-0.3, -0.25) is 4.90 Å². The van der Waals surface area contributed by atoms with E-state index < -0.39 is 0 Å². The van der Waals surface area contributed by atoms with Crippen LogP contribution in [-0.4, -0.2) is 25.2 Å². The molecule has 1 heterocycles. The molecule has 0 unspecified atom stereocenters. The number of hydrogen-bond donors (Lipinski definition) is 0. The van der Waals surface area contributed by atoms with Crippen LogP contribution >= 0.6 is 0 Å². The molecule has 0 amide bonds. The summed E-state index contributed by atoms with van der Waals surface area (Å²) in [5, 5.41) is 0. The van der Waals surface area contributed by atoms with Crippen LogP contribution in [0.4, 0.5) is 0 Å². The fourth-order valence-corrected chi connectivity index (χ4v) is 5.20. The Balaban J connectivity index is 1.61. The van der Waals surface area contributed by atoms with Gasteiger partial charge in [0.2, 0.25) is 0 Å². The van der Waals surface area contributed by atoms with Gasteiger partial charge in [-0.1, -0.05) is 54.6 Å². The number of hydrogen-bond acceptors (Lipinski definition) is 3. The van der Waals surface area contributed by atoms with Crippen LogP contribution in [0.3, 0.4) is 0 Å². The summed E-state index contributed by atoms with van der Waals surface area (Å²) in [5.41, 5.74) is 7.07. The van der Waals surface area contributed by atoms with E-state index in [1.807, 2.05) is 0 Å². The highest BCUT2D eigenvalue weighted by molar-refractivity contribution is 5.54. The summed E-state index contributed by atoms with van der Waals surface area (Å²) in [4.78, 5) is 2.67. The molecule has 5 rings (SSSR count). The Labute approximate surface area is 172 Å². The highest BCUT2D eigenvalue weighted by atomic mass is 16.5. The topological polar surface area (TPSA) is 21.7 Å². The van der Waals surface area contributed by atoms with E-state index >= 15 is 0 Å². The molecule has 0 saturated carbocycles. The van der Waals surface area contributed by atoms with Crippen molar-refractivity contribution in [2.45, 2.75) is 37.9 Å². The fraction of sp³-hybridized carbons (Fsp3) is 0.308. The van der Waals surface area contributed by atoms with Crippen LogP contribution in [-0.2, 0) is 19.5 Å². The lowest BCUT2D eigenvalue weighted by molar-refractivity contribution is 0.132. The minimum absolute atomic E-state index is 0.368. The fourth-order valence-electron chi connectivity index (χ4n) is 5.20. The molecular formula is C26H27NO2. The van der Waals surface area contributed by atoms with Crippen molar-refractivity contribution in [3.8, 4) is 11.5 Å². The van der Waals surface area contributed by atoms with E-state index in [9.17, 15) is 0 Å². The molecule has 0 radical (unpaired) electrons. The van der Waals surface area contributed by atoms with E-state index in [0.717, 1.165) is 37.4 Å². The van der Waals surface area contributed by atoms with Crippen LogP contribution < -0.4 is 9.47 Å². The van der Waals surface area contributed by atoms with Crippen molar-refractivity contribution in [3.63, 3.8) is 0 Å². The molecule has 3 aromatic carbocycles. The second-order valence-electron chi connectivity index (χ2n) is 8.08. The molecule has 3 nitrogen and oxygen atoms in total. The average molecular weight is 386 g/mol. The highest BCUT2D eigenvalue weighted by Gasteiger charge is 2.39. The van der Waals surface area contributed by atoms with E-state index in [2.05, 4.69) is 71.6 Å². The van der Waals surface area contributed by atoms with Crippen LogP contribution in [0.15, 0.2) is 66.7 Å². The number of aryl methyl sites for hydroxylation is 1. The van der Waals surface area contributed by atoms with Gasteiger partial charge >= 0.3 is 0 Å². The quantitative estimate of drug-likeness (QED) is 0.619. The van der Waals surface area contributed by atoms with Gasteiger partial charge in [0.1, 0.15) is 0 Å². The average Bonchev–Trinajstić information content (AvgIpc) is 2.78. The predicted octanol–water partition coefficient (Wildman–Crippen LogP) is 5.17. The van der Waals surface area contributed by atoms with Crippen LogP contribution in [0.1, 0.15) is 40.2 Å². The number of ether oxygens (including phenoxy) is 2. The van der Waals surface area contributed by atoms with Gasteiger partial charge in [0, 0.05) is 25.0 Å². The Bertz CT molecular complexity index is 1010. The number of methoxy groups -OCH3 is 2. The number of benzene rings is 3. The van der Waals surface area contributed by atoms with Gasteiger partial charge in [0.25, 0.3) is 0 Å². The molecule has 0 saturated heterocycles. The molecule has 3 heteroatoms. The molecule has 3 aromatic rings. The van der Waals surface area contributed by atoms with E-state index in [1.165, 1.54) is 27.8 Å². The minimum Gasteiger partial charge on any atom is -0.493 e. The lowest BCUT2D eigenvalue weighted by Crippen LogP contribution is -2.45. The summed E-state index contributed by atoms with van der Waals surface area (Å²) in [6.45, 7) is 1.99. The van der Waals surface area contributed by atoms with Crippen molar-refractivity contribution in [1.29, 1.82) is 0 Å². The molecule has 2 aliphatic rings. The first-order valence-corrected chi connectivity index (χ1v) is 10.4. The lowest BCUT2D eigenvalue weighted by Gasteiger charge is -2.46. The highest BCUT2D eigenvalue weighted by Crippen LogP contribution is 2.47. The van der Waals surface area contributed by atoms with Gasteiger partial charge in [0.15, 0.2) is 11.5 Å². The molecule has 0 spiro atoms. The maximum atomic E-state index is 5.65. The maximum Gasteiger partial charge on any atom is 0.161 e. The van der Waals surface area contributed by atoms with Crippen molar-refractivity contribution >= 4 is 0 Å². The maximum absolute atomic E-state index is 5.65. The van der Waals surface area contributed by atoms with Gasteiger partial charge in [-0.25, -0.2) is 0 Å². The lowest BCUT2D eigenvalue weighted by atomic mass is 9.71. The largest absolute Gasteiger partial charge is 0.493 e. The summed E-state index contributed by atoms with van der Waals surface area (Å²) >= 11 is 0. The van der Waals surface area contributed by atoms with E-state index in [-0.39, 0.29) is 0 Å². The van der Waals surface area contributed by atoms with Crippen molar-refractivity contribution in [2.75, 3.05) is 14.2 Å². The van der Waals surface area contributed by atoms with Gasteiger partial charge in [0.05, 0.1) is 14.2 Å². The van der Waals surface area contributed by atoms with Crippen LogP contribution in [0.25, 0.3) is 0 Å². The monoisotopic (exact) mass is 385 g/mol. The predicted molar refractivity (Wildman–Crippen MR) is 116 cm³/mol. The molecular weight excluding hydrogens is 358 g/mol. The SMILES string of the molecule is COc1cc2c(cc1OC)[C@H]1c3ccccc3CN(Cc3ccccc3)[C@@H]1CC2. The van der Waals surface area contributed by atoms with Crippen molar-refractivity contribution in [3.05, 3.63) is 94.5 Å². The number of nitrogens with zero attached hydrogens (tertiary/aromatic N) is 1. The van der Waals surface area contributed by atoms with E-state index in [0.29, 0.717) is 12.0 Å². The Morgan fingerprint density at radius 2 is 1.55 bits per heavy atom. The summed E-state index contributed by atoms with van der Waals surface area (Å²) in [7, 11) is 3.44. The first-order valence-electron chi connectivity index (χ1n) is 10.4. The van der Waals surface area contributed by atoms with Gasteiger partial charge in [-0.2, -0.15) is 0 Å². The Morgan fingerprint density at radius 3 is 2.34 bits per heavy atom. The zero-order chi connectivity index (χ0) is 19.8. The first-order chi connectivity index (χ1) is 14.3. The molecule has 148 valence electrons. The zero-order valence-electron chi connectivity index (χ0n) is 17.1. The molecule has 0 N–H and O–H groups in total. The molecule has 0 bridgehead atoms. The smallest absolute Gasteiger partial charge is 0.161 e. The van der Waals surface area contributed by atoms with E-state index in [4.69, 9.17) is 9.47 Å². The minimum atomic E-state index is 0.368. The molecule has 1 aliphatic heterocycles. The van der Waals surface area contributed by atoms with Crippen molar-refractivity contribution < 1.29 is 9.47 Å². The summed E-state index contributed by atoms with van der Waals surface area (Å²) in [5.74, 6) is 2.02. The van der Waals surface area contributed by atoms with Gasteiger partial charge < -0.3 is 9.47 Å². The van der Waals surface area contributed by atoms with E-state index in [1.54, 1.807) is 14.2 Å². The molecule has 29 heavy (non-hydrogen) atoms. The van der Waals surface area contributed by atoms with Crippen LogP contribution in [0.2, 0.25) is 0 Å². The third-order valence-corrected chi connectivity index (χ3v) is 6.54. The summed E-state index contributed by atoms with van der Waals surface area (Å²) in [6.07, 6.45) is 2.23. The Morgan fingerprint density at radius 1 is 0.828 bits per heavy atom. The second kappa shape index (κ2) is 7.57. The summed E-state index contributed by atoms with van der Waals surface area (Å²) < 4.78 is 11.2. The number of fused-ring (bicyclic) bond motifs is 5. The van der Waals surface area contributed by atoms with Crippen molar-refractivity contribution in [2.24, 2.45) is 0 Å². The standard InChI is InChI=1S/C26H27NO2/c1-28-24-14-19-12-13-23-26(22(19)15-25(24)29-2)21-11-7-6-10-20(21)17-27(23)16-18-8-4-3-5-9-18/h3-11,14-15,23,26H,12-13,16-17H2,1-2H3/t23-,26-/m1/s1. The zero-order valence-corrected chi connectivity index (χ0v) is 17.1. The number of rotatable bonds is 4. The Hall–Kier alpha value is -2.78. The molecule has 2 atom stereocenters. The molecule has 1 aliphatic carbocycles. The third kappa shape index (κ3) is 3.20. The molecule has 0 fully saturated rings. The molecule has 0 aromatic heterocycles. The normalized spacial score (nSPS) is 20.3. The van der Waals surface area contributed by atoms with Crippen LogP contribution in [0.5, 0.6) is 11.5 Å². The summed E-state index contributed by atoms with van der Waals surface area (Å²) in [6, 6.07) is 24.7. The van der Waals surface area contributed by atoms with Crippen molar-refractivity contribution in [1.82, 2.24) is 4.90 Å². The van der Waals surface area contributed by atoms with Crippen LogP contribution in [0, 0.1) is 0 Å². The first kappa shape index (κ1) is 18.3. The second-order valence-corrected chi connectivity index (χ2v) is 8.08. The Kier molecular flexibility index (Phi) is 4.76. The van der Waals surface area contributed by atoms with Gasteiger partial charge in [-0.15, -0.1) is 0 Å².